The van der Waals surface area contributed by atoms with Crippen LogP contribution in [0.15, 0.2) is 35.2 Å². The fraction of sp³-hybridized carbons (Fsp3) is 0.0909. The number of anilines is 1. The summed E-state index contributed by atoms with van der Waals surface area (Å²) < 4.78 is 61.8. The van der Waals surface area contributed by atoms with E-state index >= 15 is 0 Å². The molecule has 8 nitrogen and oxygen atoms in total. The van der Waals surface area contributed by atoms with Crippen LogP contribution in [0, 0.1) is 0 Å². The molecule has 0 amide bonds. The second-order valence-electron chi connectivity index (χ2n) is 4.25. The van der Waals surface area contributed by atoms with Crippen molar-refractivity contribution in [3.8, 4) is 5.75 Å². The molecule has 4 N–H and O–H groups in total. The van der Waals surface area contributed by atoms with E-state index in [9.17, 15) is 21.9 Å². The lowest BCUT2D eigenvalue weighted by atomic mass is 10.1. The van der Waals surface area contributed by atoms with E-state index in [-0.39, 0.29) is 11.4 Å². The van der Waals surface area contributed by atoms with E-state index in [0.29, 0.717) is 10.8 Å². The van der Waals surface area contributed by atoms with Crippen LogP contribution in [0.2, 0.25) is 0 Å². The van der Waals surface area contributed by atoms with Gasteiger partial charge in [0.1, 0.15) is 11.6 Å². The molecular formula is C11H11NO7S2. The average Bonchev–Trinajstić information content (AvgIpc) is 2.33. The summed E-state index contributed by atoms with van der Waals surface area (Å²) in [5.74, 6) is -0.968. The maximum Gasteiger partial charge on any atom is 0.294 e. The minimum atomic E-state index is -4.50. The molecule has 0 saturated carbocycles. The standard InChI is InChI=1S/C11H11NO7S2/c13-8-2-1-7-3-9(21(17,18)19)5-11(10(7)4-8)12-6-20(14,15)16/h1-5,12-13H,6H2,(H,14,15,16)(H,17,18,19). The Morgan fingerprint density at radius 2 is 1.67 bits per heavy atom. The first-order valence-corrected chi connectivity index (χ1v) is 8.54. The van der Waals surface area contributed by atoms with Crippen molar-refractivity contribution in [3.63, 3.8) is 0 Å². The fourth-order valence-corrected chi connectivity index (χ4v) is 2.66. The van der Waals surface area contributed by atoms with E-state index in [4.69, 9.17) is 9.11 Å². The number of phenolic OH excluding ortho intramolecular Hbond substituents is 1. The van der Waals surface area contributed by atoms with Crippen molar-refractivity contribution in [1.82, 2.24) is 0 Å². The van der Waals surface area contributed by atoms with E-state index < -0.39 is 31.0 Å². The molecule has 0 heterocycles. The van der Waals surface area contributed by atoms with E-state index in [1.54, 1.807) is 0 Å². The smallest absolute Gasteiger partial charge is 0.294 e. The summed E-state index contributed by atoms with van der Waals surface area (Å²) in [6, 6.07) is 6.17. The van der Waals surface area contributed by atoms with Gasteiger partial charge in [-0.05, 0) is 29.7 Å². The van der Waals surface area contributed by atoms with Crippen LogP contribution in [-0.4, -0.2) is 36.9 Å². The number of aromatic hydroxyl groups is 1. The highest BCUT2D eigenvalue weighted by atomic mass is 32.2. The zero-order chi connectivity index (χ0) is 15.8. The van der Waals surface area contributed by atoms with Gasteiger partial charge < -0.3 is 10.4 Å². The molecule has 21 heavy (non-hydrogen) atoms. The van der Waals surface area contributed by atoms with Gasteiger partial charge >= 0.3 is 0 Å². The third kappa shape index (κ3) is 3.82. The number of nitrogens with one attached hydrogen (secondary N) is 1. The Kier molecular flexibility index (Phi) is 3.80. The highest BCUT2D eigenvalue weighted by Gasteiger charge is 2.15. The van der Waals surface area contributed by atoms with Gasteiger partial charge in [0.25, 0.3) is 20.2 Å². The zero-order valence-electron chi connectivity index (χ0n) is 10.4. The van der Waals surface area contributed by atoms with E-state index in [1.807, 2.05) is 0 Å². The molecule has 0 radical (unpaired) electrons. The summed E-state index contributed by atoms with van der Waals surface area (Å²) in [5.41, 5.74) is 0.0219. The fourth-order valence-electron chi connectivity index (χ4n) is 1.78. The number of rotatable bonds is 4. The Balaban J connectivity index is 2.66. The van der Waals surface area contributed by atoms with Crippen molar-refractivity contribution in [1.29, 1.82) is 0 Å². The number of hydrogen-bond acceptors (Lipinski definition) is 6. The summed E-state index contributed by atoms with van der Waals surface area (Å²) in [6.45, 7) is 0. The van der Waals surface area contributed by atoms with Gasteiger partial charge in [0.2, 0.25) is 0 Å². The Morgan fingerprint density at radius 1 is 1.00 bits per heavy atom. The highest BCUT2D eigenvalue weighted by molar-refractivity contribution is 7.86. The molecule has 2 aromatic carbocycles. The molecule has 114 valence electrons. The molecule has 2 aromatic rings. The first-order valence-electron chi connectivity index (χ1n) is 5.49. The molecule has 0 aliphatic carbocycles. The van der Waals surface area contributed by atoms with Gasteiger partial charge in [-0.25, -0.2) is 0 Å². The Bertz CT molecular complexity index is 904. The molecule has 0 spiro atoms. The molecule has 10 heteroatoms. The van der Waals surface area contributed by atoms with Gasteiger partial charge in [-0.15, -0.1) is 0 Å². The summed E-state index contributed by atoms with van der Waals surface area (Å²) in [6.07, 6.45) is 0. The van der Waals surface area contributed by atoms with Gasteiger partial charge in [0.05, 0.1) is 4.90 Å². The number of fused-ring (bicyclic) bond motifs is 1. The molecule has 0 unspecified atom stereocenters. The van der Waals surface area contributed by atoms with Gasteiger partial charge in [-0.2, -0.15) is 16.8 Å². The lowest BCUT2D eigenvalue weighted by Gasteiger charge is -2.11. The Morgan fingerprint density at radius 3 is 2.24 bits per heavy atom. The minimum Gasteiger partial charge on any atom is -0.508 e. The van der Waals surface area contributed by atoms with Gasteiger partial charge in [-0.3, -0.25) is 9.11 Å². The quantitative estimate of drug-likeness (QED) is 0.608. The van der Waals surface area contributed by atoms with E-state index in [2.05, 4.69) is 5.32 Å². The van der Waals surface area contributed by atoms with Crippen molar-refractivity contribution in [2.75, 3.05) is 11.2 Å². The molecule has 0 aliphatic heterocycles. The van der Waals surface area contributed by atoms with Crippen LogP contribution in [0.5, 0.6) is 5.75 Å². The predicted octanol–water partition coefficient (Wildman–Crippen LogP) is 1.05. The molecule has 0 bridgehead atoms. The van der Waals surface area contributed by atoms with Crippen molar-refractivity contribution in [2.45, 2.75) is 4.90 Å². The average molecular weight is 333 g/mol. The van der Waals surface area contributed by atoms with Crippen LogP contribution in [0.4, 0.5) is 5.69 Å². The molecule has 0 saturated heterocycles. The van der Waals surface area contributed by atoms with Crippen LogP contribution in [0.1, 0.15) is 0 Å². The predicted molar refractivity (Wildman–Crippen MR) is 75.5 cm³/mol. The third-order valence-corrected chi connectivity index (χ3v) is 3.99. The van der Waals surface area contributed by atoms with Gasteiger partial charge in [-0.1, -0.05) is 6.07 Å². The second-order valence-corrected chi connectivity index (χ2v) is 7.13. The SMILES string of the molecule is O=S(=O)(O)CNc1cc(S(=O)(=O)O)cc2ccc(O)cc12. The van der Waals surface area contributed by atoms with Crippen LogP contribution in [0.25, 0.3) is 10.8 Å². The van der Waals surface area contributed by atoms with Crippen LogP contribution >= 0.6 is 0 Å². The third-order valence-electron chi connectivity index (χ3n) is 2.65. The van der Waals surface area contributed by atoms with Crippen LogP contribution < -0.4 is 5.32 Å². The zero-order valence-corrected chi connectivity index (χ0v) is 12.0. The lowest BCUT2D eigenvalue weighted by molar-refractivity contribution is 0.476. The number of benzene rings is 2. The molecule has 0 aliphatic rings. The number of hydrogen-bond donors (Lipinski definition) is 4. The monoisotopic (exact) mass is 333 g/mol. The largest absolute Gasteiger partial charge is 0.508 e. The summed E-state index contributed by atoms with van der Waals surface area (Å²) in [5, 5.41) is 12.5. The van der Waals surface area contributed by atoms with Crippen LogP contribution in [-0.2, 0) is 20.2 Å². The van der Waals surface area contributed by atoms with Crippen molar-refractivity contribution < 1.29 is 31.0 Å². The molecular weight excluding hydrogens is 322 g/mol. The molecule has 0 aromatic heterocycles. The van der Waals surface area contributed by atoms with Crippen LogP contribution in [0.3, 0.4) is 0 Å². The molecule has 0 atom stereocenters. The number of phenols is 1. The molecule has 0 fully saturated rings. The van der Waals surface area contributed by atoms with Crippen molar-refractivity contribution >= 4 is 36.7 Å². The maximum absolute atomic E-state index is 11.2. The first kappa shape index (κ1) is 15.5. The highest BCUT2D eigenvalue weighted by Crippen LogP contribution is 2.30. The normalized spacial score (nSPS) is 12.5. The second kappa shape index (κ2) is 5.15. The summed E-state index contributed by atoms with van der Waals surface area (Å²) in [7, 11) is -8.83. The Hall–Kier alpha value is -1.88. The van der Waals surface area contributed by atoms with E-state index in [0.717, 1.165) is 6.07 Å². The Labute approximate surface area is 120 Å². The van der Waals surface area contributed by atoms with Gasteiger partial charge in [0.15, 0.2) is 0 Å². The summed E-state index contributed by atoms with van der Waals surface area (Å²) >= 11 is 0. The maximum atomic E-state index is 11.2. The topological polar surface area (TPSA) is 141 Å². The first-order chi connectivity index (χ1) is 9.56. The summed E-state index contributed by atoms with van der Waals surface area (Å²) in [4.78, 5) is -0.446. The van der Waals surface area contributed by atoms with Crippen molar-refractivity contribution in [3.05, 3.63) is 30.3 Å². The van der Waals surface area contributed by atoms with Gasteiger partial charge in [0, 0.05) is 11.1 Å². The van der Waals surface area contributed by atoms with E-state index in [1.165, 1.54) is 24.3 Å². The minimum absolute atomic E-state index is 0.0219. The lowest BCUT2D eigenvalue weighted by Crippen LogP contribution is -2.13. The molecule has 2 rings (SSSR count). The van der Waals surface area contributed by atoms with Crippen molar-refractivity contribution in [2.24, 2.45) is 0 Å².